The molecule has 0 aliphatic rings. The summed E-state index contributed by atoms with van der Waals surface area (Å²) in [7, 11) is 5.90. The Hall–Kier alpha value is -4.44. The molecule has 0 fully saturated rings. The van der Waals surface area contributed by atoms with Crippen LogP contribution in [-0.2, 0) is 14.9 Å². The molecule has 3 aromatic carbocycles. The van der Waals surface area contributed by atoms with Gasteiger partial charge in [-0.05, 0) is 36.4 Å². The number of carbonyl (C=O) groups is 1. The second kappa shape index (κ2) is 10.3. The minimum absolute atomic E-state index is 0.248. The van der Waals surface area contributed by atoms with Gasteiger partial charge in [0.05, 0.1) is 56.3 Å². The van der Waals surface area contributed by atoms with Crippen molar-refractivity contribution in [3.63, 3.8) is 0 Å². The molecular formula is C30H29F2N3O5. The molecule has 0 radical (unpaired) electrons. The molecule has 1 N–H and O–H groups in total. The van der Waals surface area contributed by atoms with Crippen LogP contribution in [0.1, 0.15) is 29.9 Å². The molecule has 0 amide bonds. The Morgan fingerprint density at radius 1 is 0.950 bits per heavy atom. The number of hydrogen-bond acceptors (Lipinski definition) is 6. The SMILES string of the molecule is COCC(C)(C)c1c(-c2c(OC)cc(C(=O)OC)cc2OC)c2cc3[nH]ncc3cc2n1-c1ccc(F)c(F)c1. The average Bonchev–Trinajstić information content (AvgIpc) is 3.54. The molecule has 2 aromatic heterocycles. The number of ether oxygens (including phenoxy) is 4. The second-order valence-corrected chi connectivity index (χ2v) is 10.0. The molecule has 0 aliphatic carbocycles. The number of methoxy groups -OCH3 is 4. The molecule has 0 bridgehead atoms. The standard InChI is InChI=1S/C30H29F2N3O5/c1-30(2,15-37-3)28-26(27-24(38-4)10-16(29(36)40-6)11-25(27)39-5)19-13-22-17(14-33-34-22)9-23(19)35(28)18-7-8-20(31)21(32)12-18/h7-14H,15H2,1-6H3,(H,33,34). The zero-order chi connectivity index (χ0) is 28.8. The predicted octanol–water partition coefficient (Wildman–Crippen LogP) is 6.18. The monoisotopic (exact) mass is 549 g/mol. The van der Waals surface area contributed by atoms with E-state index in [0.717, 1.165) is 33.6 Å². The first-order valence-corrected chi connectivity index (χ1v) is 12.5. The first-order chi connectivity index (χ1) is 19.1. The van der Waals surface area contributed by atoms with E-state index in [9.17, 15) is 13.6 Å². The van der Waals surface area contributed by atoms with Crippen molar-refractivity contribution in [2.75, 3.05) is 35.0 Å². The molecule has 10 heteroatoms. The highest BCUT2D eigenvalue weighted by atomic mass is 19.2. The van der Waals surface area contributed by atoms with Gasteiger partial charge < -0.3 is 23.5 Å². The van der Waals surface area contributed by atoms with Gasteiger partial charge in [0.15, 0.2) is 11.6 Å². The van der Waals surface area contributed by atoms with E-state index >= 15 is 0 Å². The Morgan fingerprint density at radius 3 is 2.25 bits per heavy atom. The number of aromatic amines is 1. The minimum Gasteiger partial charge on any atom is -0.496 e. The van der Waals surface area contributed by atoms with Crippen molar-refractivity contribution in [2.45, 2.75) is 19.3 Å². The number of hydrogen-bond donors (Lipinski definition) is 1. The average molecular weight is 550 g/mol. The summed E-state index contributed by atoms with van der Waals surface area (Å²) in [6, 6.07) is 10.9. The van der Waals surface area contributed by atoms with Crippen LogP contribution in [0.15, 0.2) is 48.7 Å². The summed E-state index contributed by atoms with van der Waals surface area (Å²) < 4.78 is 52.8. The maximum Gasteiger partial charge on any atom is 0.338 e. The summed E-state index contributed by atoms with van der Waals surface area (Å²) in [4.78, 5) is 12.5. The van der Waals surface area contributed by atoms with Gasteiger partial charge >= 0.3 is 5.97 Å². The summed E-state index contributed by atoms with van der Waals surface area (Å²) in [6.07, 6.45) is 1.70. The Morgan fingerprint density at radius 2 is 1.65 bits per heavy atom. The first-order valence-electron chi connectivity index (χ1n) is 12.5. The Balaban J connectivity index is 2.02. The van der Waals surface area contributed by atoms with E-state index in [-0.39, 0.29) is 5.56 Å². The van der Waals surface area contributed by atoms with Gasteiger partial charge in [-0.15, -0.1) is 0 Å². The van der Waals surface area contributed by atoms with Crippen molar-refractivity contribution in [3.05, 3.63) is 71.6 Å². The molecule has 40 heavy (non-hydrogen) atoms. The topological polar surface area (TPSA) is 87.6 Å². The van der Waals surface area contributed by atoms with Crippen LogP contribution in [0.2, 0.25) is 0 Å². The van der Waals surface area contributed by atoms with Gasteiger partial charge in [0, 0.05) is 46.3 Å². The lowest BCUT2D eigenvalue weighted by atomic mass is 9.84. The molecule has 8 nitrogen and oxygen atoms in total. The molecule has 2 heterocycles. The quantitative estimate of drug-likeness (QED) is 0.233. The number of carbonyl (C=O) groups excluding carboxylic acids is 1. The summed E-state index contributed by atoms with van der Waals surface area (Å²) >= 11 is 0. The molecular weight excluding hydrogens is 520 g/mol. The lowest BCUT2D eigenvalue weighted by molar-refractivity contribution is 0.0600. The van der Waals surface area contributed by atoms with E-state index in [4.69, 9.17) is 18.9 Å². The number of aromatic nitrogens is 3. The Kier molecular flexibility index (Phi) is 6.97. The lowest BCUT2D eigenvalue weighted by Gasteiger charge is -2.29. The van der Waals surface area contributed by atoms with Crippen LogP contribution in [0, 0.1) is 11.6 Å². The third-order valence-corrected chi connectivity index (χ3v) is 7.01. The second-order valence-electron chi connectivity index (χ2n) is 10.0. The van der Waals surface area contributed by atoms with Gasteiger partial charge in [-0.3, -0.25) is 5.10 Å². The highest BCUT2D eigenvalue weighted by Gasteiger charge is 2.35. The fourth-order valence-electron chi connectivity index (χ4n) is 5.33. The smallest absolute Gasteiger partial charge is 0.338 e. The van der Waals surface area contributed by atoms with Crippen molar-refractivity contribution in [1.82, 2.24) is 14.8 Å². The van der Waals surface area contributed by atoms with Gasteiger partial charge in [0.2, 0.25) is 0 Å². The van der Waals surface area contributed by atoms with Crippen LogP contribution in [-0.4, -0.2) is 55.8 Å². The molecule has 0 unspecified atom stereocenters. The van der Waals surface area contributed by atoms with Crippen molar-refractivity contribution in [2.24, 2.45) is 0 Å². The lowest BCUT2D eigenvalue weighted by Crippen LogP contribution is -2.27. The molecule has 0 spiro atoms. The zero-order valence-electron chi connectivity index (χ0n) is 23.0. The maximum absolute atomic E-state index is 14.7. The van der Waals surface area contributed by atoms with Crippen molar-refractivity contribution < 1.29 is 32.5 Å². The summed E-state index contributed by atoms with van der Waals surface area (Å²) in [5.74, 6) is -1.74. The van der Waals surface area contributed by atoms with E-state index < -0.39 is 23.0 Å². The summed E-state index contributed by atoms with van der Waals surface area (Å²) in [5.41, 5.74) is 3.51. The largest absolute Gasteiger partial charge is 0.496 e. The number of H-pyrrole nitrogens is 1. The normalized spacial score (nSPS) is 11.8. The molecule has 208 valence electrons. The van der Waals surface area contributed by atoms with Gasteiger partial charge in [-0.1, -0.05) is 13.8 Å². The molecule has 5 rings (SSSR count). The number of nitrogens with zero attached hydrogens (tertiary/aromatic N) is 2. The van der Waals surface area contributed by atoms with Gasteiger partial charge in [0.1, 0.15) is 11.5 Å². The fraction of sp³-hybridized carbons (Fsp3) is 0.267. The van der Waals surface area contributed by atoms with Crippen molar-refractivity contribution in [1.29, 1.82) is 0 Å². The number of rotatable bonds is 8. The van der Waals surface area contributed by atoms with E-state index in [2.05, 4.69) is 10.2 Å². The van der Waals surface area contributed by atoms with Crippen LogP contribution < -0.4 is 9.47 Å². The number of benzene rings is 3. The highest BCUT2D eigenvalue weighted by molar-refractivity contribution is 6.08. The molecule has 0 atom stereocenters. The number of esters is 1. The maximum atomic E-state index is 14.7. The van der Waals surface area contributed by atoms with Crippen molar-refractivity contribution >= 4 is 27.8 Å². The fourth-order valence-corrected chi connectivity index (χ4v) is 5.33. The summed E-state index contributed by atoms with van der Waals surface area (Å²) in [6.45, 7) is 4.30. The number of nitrogens with one attached hydrogen (secondary N) is 1. The zero-order valence-corrected chi connectivity index (χ0v) is 23.0. The van der Waals surface area contributed by atoms with Crippen LogP contribution in [0.4, 0.5) is 8.78 Å². The van der Waals surface area contributed by atoms with Gasteiger partial charge in [-0.2, -0.15) is 5.10 Å². The molecule has 0 saturated carbocycles. The number of halogens is 2. The highest BCUT2D eigenvalue weighted by Crippen LogP contribution is 2.50. The van der Waals surface area contributed by atoms with E-state index in [1.807, 2.05) is 30.5 Å². The number of fused-ring (bicyclic) bond motifs is 2. The third-order valence-electron chi connectivity index (χ3n) is 7.01. The molecule has 0 saturated heterocycles. The van der Waals surface area contributed by atoms with E-state index in [1.54, 1.807) is 25.4 Å². The van der Waals surface area contributed by atoms with Crippen LogP contribution in [0.3, 0.4) is 0 Å². The third kappa shape index (κ3) is 4.34. The Labute approximate surface area is 229 Å². The summed E-state index contributed by atoms with van der Waals surface area (Å²) in [5, 5.41) is 8.79. The van der Waals surface area contributed by atoms with Crippen LogP contribution in [0.5, 0.6) is 11.5 Å². The molecule has 5 aromatic rings. The van der Waals surface area contributed by atoms with E-state index in [0.29, 0.717) is 34.9 Å². The van der Waals surface area contributed by atoms with Crippen LogP contribution >= 0.6 is 0 Å². The van der Waals surface area contributed by atoms with Crippen molar-refractivity contribution in [3.8, 4) is 28.3 Å². The minimum atomic E-state index is -0.974. The first kappa shape index (κ1) is 27.1. The van der Waals surface area contributed by atoms with Crippen LogP contribution in [0.25, 0.3) is 38.6 Å². The Bertz CT molecular complexity index is 1730. The molecule has 0 aliphatic heterocycles. The van der Waals surface area contributed by atoms with Gasteiger partial charge in [-0.25, -0.2) is 13.6 Å². The van der Waals surface area contributed by atoms with E-state index in [1.165, 1.54) is 33.5 Å². The van der Waals surface area contributed by atoms with Gasteiger partial charge in [0.25, 0.3) is 0 Å². The predicted molar refractivity (Wildman–Crippen MR) is 148 cm³/mol.